The SMILES string of the molecule is CCOC(=O)N1CCN([C@H]2CC(=O)N(c3ccc(Br)cc3)C2=O)CC1. The molecule has 134 valence electrons. The summed E-state index contributed by atoms with van der Waals surface area (Å²) < 4.78 is 5.89. The summed E-state index contributed by atoms with van der Waals surface area (Å²) in [6.45, 7) is 4.21. The van der Waals surface area contributed by atoms with E-state index in [0.717, 1.165) is 4.47 Å². The van der Waals surface area contributed by atoms with E-state index < -0.39 is 6.04 Å². The van der Waals surface area contributed by atoms with Gasteiger partial charge >= 0.3 is 6.09 Å². The molecule has 25 heavy (non-hydrogen) atoms. The number of imide groups is 1. The lowest BCUT2D eigenvalue weighted by Gasteiger charge is -2.36. The first-order valence-corrected chi connectivity index (χ1v) is 9.08. The third kappa shape index (κ3) is 3.69. The van der Waals surface area contributed by atoms with Gasteiger partial charge in [0.25, 0.3) is 5.91 Å². The Morgan fingerprint density at radius 2 is 1.80 bits per heavy atom. The van der Waals surface area contributed by atoms with Crippen molar-refractivity contribution in [1.29, 1.82) is 0 Å². The highest BCUT2D eigenvalue weighted by molar-refractivity contribution is 9.10. The number of ether oxygens (including phenoxy) is 1. The van der Waals surface area contributed by atoms with E-state index in [1.807, 2.05) is 4.90 Å². The maximum absolute atomic E-state index is 12.8. The van der Waals surface area contributed by atoms with Crippen molar-refractivity contribution >= 4 is 39.5 Å². The Balaban J connectivity index is 1.65. The molecule has 0 radical (unpaired) electrons. The van der Waals surface area contributed by atoms with Crippen molar-refractivity contribution in [1.82, 2.24) is 9.80 Å². The minimum Gasteiger partial charge on any atom is -0.450 e. The zero-order chi connectivity index (χ0) is 18.0. The van der Waals surface area contributed by atoms with Gasteiger partial charge in [0.05, 0.1) is 24.8 Å². The molecule has 7 nitrogen and oxygen atoms in total. The Morgan fingerprint density at radius 3 is 2.40 bits per heavy atom. The van der Waals surface area contributed by atoms with E-state index in [1.54, 1.807) is 36.1 Å². The lowest BCUT2D eigenvalue weighted by molar-refractivity contribution is -0.123. The zero-order valence-electron chi connectivity index (χ0n) is 14.0. The summed E-state index contributed by atoms with van der Waals surface area (Å²) in [7, 11) is 0. The normalized spacial score (nSPS) is 21.8. The lowest BCUT2D eigenvalue weighted by Crippen LogP contribution is -2.54. The number of nitrogens with zero attached hydrogens (tertiary/aromatic N) is 3. The molecular formula is C17H20BrN3O4. The van der Waals surface area contributed by atoms with Gasteiger partial charge < -0.3 is 9.64 Å². The number of carbonyl (C=O) groups excluding carboxylic acids is 3. The Hall–Kier alpha value is -1.93. The van der Waals surface area contributed by atoms with E-state index in [2.05, 4.69) is 15.9 Å². The van der Waals surface area contributed by atoms with E-state index in [4.69, 9.17) is 4.74 Å². The maximum atomic E-state index is 12.8. The summed E-state index contributed by atoms with van der Waals surface area (Å²) in [6, 6.07) is 6.66. The zero-order valence-corrected chi connectivity index (χ0v) is 15.6. The molecule has 1 atom stereocenters. The number of halogens is 1. The van der Waals surface area contributed by atoms with Crippen LogP contribution < -0.4 is 4.90 Å². The Morgan fingerprint density at radius 1 is 1.16 bits per heavy atom. The van der Waals surface area contributed by atoms with Gasteiger partial charge in [0.2, 0.25) is 5.91 Å². The van der Waals surface area contributed by atoms with Crippen molar-refractivity contribution in [2.24, 2.45) is 0 Å². The number of carbonyl (C=O) groups is 3. The van der Waals surface area contributed by atoms with Gasteiger partial charge in [-0.2, -0.15) is 0 Å². The first kappa shape index (κ1) is 17.9. The maximum Gasteiger partial charge on any atom is 0.409 e. The van der Waals surface area contributed by atoms with Gasteiger partial charge in [0, 0.05) is 30.7 Å². The van der Waals surface area contributed by atoms with Crippen LogP contribution in [0.4, 0.5) is 10.5 Å². The summed E-state index contributed by atoms with van der Waals surface area (Å²) in [5.41, 5.74) is 0.589. The topological polar surface area (TPSA) is 70.2 Å². The number of benzene rings is 1. The summed E-state index contributed by atoms with van der Waals surface area (Å²) in [6.07, 6.45) is -0.152. The minimum absolute atomic E-state index is 0.175. The summed E-state index contributed by atoms with van der Waals surface area (Å²) in [5, 5.41) is 0. The predicted octanol–water partition coefficient (Wildman–Crippen LogP) is 1.86. The number of amides is 3. The van der Waals surface area contributed by atoms with Crippen LogP contribution >= 0.6 is 15.9 Å². The van der Waals surface area contributed by atoms with Crippen LogP contribution in [-0.2, 0) is 14.3 Å². The Bertz CT molecular complexity index is 671. The van der Waals surface area contributed by atoms with E-state index in [-0.39, 0.29) is 24.3 Å². The highest BCUT2D eigenvalue weighted by atomic mass is 79.9. The quantitative estimate of drug-likeness (QED) is 0.712. The molecule has 0 saturated carbocycles. The summed E-state index contributed by atoms with van der Waals surface area (Å²) >= 11 is 3.35. The average molecular weight is 410 g/mol. The predicted molar refractivity (Wildman–Crippen MR) is 95.2 cm³/mol. The molecule has 3 rings (SSSR count). The molecule has 0 spiro atoms. The van der Waals surface area contributed by atoms with E-state index in [1.165, 1.54) is 4.90 Å². The Kier molecular flexibility index (Phi) is 5.39. The van der Waals surface area contributed by atoms with E-state index >= 15 is 0 Å². The van der Waals surface area contributed by atoms with Crippen molar-refractivity contribution in [2.75, 3.05) is 37.7 Å². The van der Waals surface area contributed by atoms with Gasteiger partial charge in [0.15, 0.2) is 0 Å². The molecule has 8 heteroatoms. The number of rotatable bonds is 3. The van der Waals surface area contributed by atoms with E-state index in [0.29, 0.717) is 38.5 Å². The molecule has 0 aromatic heterocycles. The number of piperazine rings is 1. The largest absolute Gasteiger partial charge is 0.450 e. The molecule has 0 aliphatic carbocycles. The minimum atomic E-state index is -0.458. The van der Waals surface area contributed by atoms with E-state index in [9.17, 15) is 14.4 Å². The molecule has 2 aliphatic heterocycles. The van der Waals surface area contributed by atoms with Gasteiger partial charge in [-0.1, -0.05) is 15.9 Å². The second kappa shape index (κ2) is 7.53. The van der Waals surface area contributed by atoms with Crippen LogP contribution in [0.25, 0.3) is 0 Å². The fraction of sp³-hybridized carbons (Fsp3) is 0.471. The molecule has 2 saturated heterocycles. The highest BCUT2D eigenvalue weighted by Gasteiger charge is 2.43. The first-order valence-electron chi connectivity index (χ1n) is 8.29. The monoisotopic (exact) mass is 409 g/mol. The van der Waals surface area contributed by atoms with Crippen molar-refractivity contribution in [3.05, 3.63) is 28.7 Å². The number of anilines is 1. The van der Waals surface area contributed by atoms with Crippen molar-refractivity contribution in [2.45, 2.75) is 19.4 Å². The average Bonchev–Trinajstić information content (AvgIpc) is 2.91. The van der Waals surface area contributed by atoms with Crippen LogP contribution in [0.2, 0.25) is 0 Å². The third-order valence-electron chi connectivity index (χ3n) is 4.49. The summed E-state index contributed by atoms with van der Waals surface area (Å²) in [5.74, 6) is -0.387. The molecule has 0 N–H and O–H groups in total. The number of hydrogen-bond acceptors (Lipinski definition) is 5. The van der Waals surface area contributed by atoms with Crippen molar-refractivity contribution in [3.63, 3.8) is 0 Å². The molecule has 3 amide bonds. The molecule has 2 fully saturated rings. The second-order valence-electron chi connectivity index (χ2n) is 5.99. The second-order valence-corrected chi connectivity index (χ2v) is 6.90. The van der Waals surface area contributed by atoms with Gasteiger partial charge in [-0.05, 0) is 31.2 Å². The van der Waals surface area contributed by atoms with Crippen LogP contribution in [0.15, 0.2) is 28.7 Å². The smallest absolute Gasteiger partial charge is 0.409 e. The van der Waals surface area contributed by atoms with Gasteiger partial charge in [-0.25, -0.2) is 9.69 Å². The van der Waals surface area contributed by atoms with Gasteiger partial charge in [0.1, 0.15) is 0 Å². The third-order valence-corrected chi connectivity index (χ3v) is 5.02. The Labute approximate surface area is 154 Å². The van der Waals surface area contributed by atoms with Gasteiger partial charge in [-0.3, -0.25) is 14.5 Å². The van der Waals surface area contributed by atoms with Crippen LogP contribution in [-0.4, -0.2) is 66.5 Å². The van der Waals surface area contributed by atoms with Crippen molar-refractivity contribution in [3.8, 4) is 0 Å². The molecule has 0 unspecified atom stereocenters. The molecule has 0 bridgehead atoms. The fourth-order valence-electron chi connectivity index (χ4n) is 3.19. The molecule has 2 aliphatic rings. The van der Waals surface area contributed by atoms with Crippen LogP contribution in [0, 0.1) is 0 Å². The standard InChI is InChI=1S/C17H20BrN3O4/c1-2-25-17(24)20-9-7-19(8-10-20)14-11-15(22)21(16(14)23)13-5-3-12(18)4-6-13/h3-6,14H,2,7-11H2,1H3/t14-/m0/s1. The number of hydrogen-bond donors (Lipinski definition) is 0. The van der Waals surface area contributed by atoms with Crippen molar-refractivity contribution < 1.29 is 19.1 Å². The van der Waals surface area contributed by atoms with Gasteiger partial charge in [-0.15, -0.1) is 0 Å². The molecule has 2 heterocycles. The fourth-order valence-corrected chi connectivity index (χ4v) is 3.46. The lowest BCUT2D eigenvalue weighted by atomic mass is 10.2. The van der Waals surface area contributed by atoms with Crippen LogP contribution in [0.3, 0.4) is 0 Å². The van der Waals surface area contributed by atoms with Crippen LogP contribution in [0.5, 0.6) is 0 Å². The first-order chi connectivity index (χ1) is 12.0. The van der Waals surface area contributed by atoms with Crippen LogP contribution in [0.1, 0.15) is 13.3 Å². The summed E-state index contributed by atoms with van der Waals surface area (Å²) in [4.78, 5) is 41.8. The molecule has 1 aromatic rings. The highest BCUT2D eigenvalue weighted by Crippen LogP contribution is 2.27. The molecule has 1 aromatic carbocycles. The molecular weight excluding hydrogens is 390 g/mol.